The summed E-state index contributed by atoms with van der Waals surface area (Å²) in [6.07, 6.45) is 1.46. The first kappa shape index (κ1) is 11.3. The number of hydrogen-bond acceptors (Lipinski definition) is 4. The van der Waals surface area contributed by atoms with Crippen LogP contribution in [0.15, 0.2) is 34.7 Å². The molecule has 2 aromatic rings. The molecule has 4 heteroatoms. The number of carbonyl (C=O) groups is 1. The molecule has 1 aromatic heterocycles. The van der Waals surface area contributed by atoms with Gasteiger partial charge in [-0.05, 0) is 12.1 Å². The van der Waals surface area contributed by atoms with E-state index in [-0.39, 0.29) is 11.9 Å². The molecule has 0 radical (unpaired) electrons. The summed E-state index contributed by atoms with van der Waals surface area (Å²) in [6.45, 7) is 1.30. The van der Waals surface area contributed by atoms with Crippen LogP contribution in [0.2, 0.25) is 0 Å². The Morgan fingerprint density at radius 2 is 2.00 bits per heavy atom. The van der Waals surface area contributed by atoms with E-state index in [9.17, 15) is 4.79 Å². The minimum Gasteiger partial charge on any atom is -0.456 e. The first-order chi connectivity index (χ1) is 8.83. The van der Waals surface area contributed by atoms with Crippen molar-refractivity contribution in [1.29, 1.82) is 0 Å². The third kappa shape index (κ3) is 2.24. The highest BCUT2D eigenvalue weighted by Crippen LogP contribution is 2.21. The van der Waals surface area contributed by atoms with Crippen LogP contribution in [0.25, 0.3) is 11.0 Å². The van der Waals surface area contributed by atoms with Gasteiger partial charge in [-0.1, -0.05) is 18.2 Å². The summed E-state index contributed by atoms with van der Waals surface area (Å²) in [7, 11) is 0. The van der Waals surface area contributed by atoms with Crippen LogP contribution in [-0.4, -0.2) is 25.3 Å². The van der Waals surface area contributed by atoms with Gasteiger partial charge in [-0.3, -0.25) is 0 Å². The summed E-state index contributed by atoms with van der Waals surface area (Å²) in [6, 6.07) is 9.24. The van der Waals surface area contributed by atoms with E-state index >= 15 is 0 Å². The molecule has 1 aromatic carbocycles. The van der Waals surface area contributed by atoms with Crippen LogP contribution in [0, 0.1) is 0 Å². The van der Waals surface area contributed by atoms with Gasteiger partial charge in [0.15, 0.2) is 0 Å². The largest absolute Gasteiger partial charge is 0.456 e. The Kier molecular flexibility index (Phi) is 3.02. The fourth-order valence-corrected chi connectivity index (χ4v) is 2.09. The number of furan rings is 1. The zero-order valence-corrected chi connectivity index (χ0v) is 9.93. The van der Waals surface area contributed by atoms with Crippen LogP contribution in [0.5, 0.6) is 0 Å². The van der Waals surface area contributed by atoms with Gasteiger partial charge in [0.25, 0.3) is 0 Å². The van der Waals surface area contributed by atoms with Crippen LogP contribution >= 0.6 is 0 Å². The number of esters is 1. The summed E-state index contributed by atoms with van der Waals surface area (Å²) in [5.41, 5.74) is 0.705. The Bertz CT molecular complexity index is 519. The van der Waals surface area contributed by atoms with Gasteiger partial charge in [0.2, 0.25) is 5.76 Å². The van der Waals surface area contributed by atoms with Gasteiger partial charge < -0.3 is 13.9 Å². The van der Waals surface area contributed by atoms with Gasteiger partial charge in [-0.25, -0.2) is 4.79 Å². The average Bonchev–Trinajstić information content (AvgIpc) is 2.84. The van der Waals surface area contributed by atoms with Crippen molar-refractivity contribution in [3.05, 3.63) is 36.1 Å². The molecular weight excluding hydrogens is 232 g/mol. The predicted octanol–water partition coefficient (Wildman–Crippen LogP) is 2.77. The van der Waals surface area contributed by atoms with Gasteiger partial charge in [-0.2, -0.15) is 0 Å². The third-order valence-electron chi connectivity index (χ3n) is 3.07. The second-order valence-electron chi connectivity index (χ2n) is 4.37. The molecule has 0 amide bonds. The molecule has 94 valence electrons. The number of rotatable bonds is 2. The molecule has 0 atom stereocenters. The smallest absolute Gasteiger partial charge is 0.374 e. The van der Waals surface area contributed by atoms with Crippen molar-refractivity contribution >= 4 is 16.9 Å². The van der Waals surface area contributed by atoms with Crippen LogP contribution in [0.1, 0.15) is 23.4 Å². The lowest BCUT2D eigenvalue weighted by Crippen LogP contribution is -2.25. The quantitative estimate of drug-likeness (QED) is 0.764. The SMILES string of the molecule is O=C(OC1CCOCC1)c1cc2ccccc2o1. The number of ether oxygens (including phenoxy) is 2. The lowest BCUT2D eigenvalue weighted by Gasteiger charge is -2.21. The maximum atomic E-state index is 11.9. The third-order valence-corrected chi connectivity index (χ3v) is 3.07. The van der Waals surface area contributed by atoms with E-state index < -0.39 is 5.97 Å². The summed E-state index contributed by atoms with van der Waals surface area (Å²) >= 11 is 0. The van der Waals surface area contributed by atoms with E-state index in [2.05, 4.69) is 0 Å². The monoisotopic (exact) mass is 246 g/mol. The van der Waals surface area contributed by atoms with Crippen molar-refractivity contribution in [1.82, 2.24) is 0 Å². The molecular formula is C14H14O4. The maximum Gasteiger partial charge on any atom is 0.374 e. The second-order valence-corrected chi connectivity index (χ2v) is 4.37. The molecule has 3 rings (SSSR count). The van der Waals surface area contributed by atoms with Gasteiger partial charge in [0, 0.05) is 18.2 Å². The molecule has 1 aliphatic rings. The van der Waals surface area contributed by atoms with Crippen LogP contribution in [0.4, 0.5) is 0 Å². The highest BCUT2D eigenvalue weighted by Gasteiger charge is 2.21. The highest BCUT2D eigenvalue weighted by atomic mass is 16.6. The molecule has 18 heavy (non-hydrogen) atoms. The molecule has 4 nitrogen and oxygen atoms in total. The Balaban J connectivity index is 1.74. The lowest BCUT2D eigenvalue weighted by atomic mass is 10.1. The van der Waals surface area contributed by atoms with Gasteiger partial charge in [0.05, 0.1) is 13.2 Å². The van der Waals surface area contributed by atoms with Gasteiger partial charge in [-0.15, -0.1) is 0 Å². The first-order valence-corrected chi connectivity index (χ1v) is 6.10. The molecule has 2 heterocycles. The van der Waals surface area contributed by atoms with Crippen LogP contribution < -0.4 is 0 Å². The number of benzene rings is 1. The molecule has 0 bridgehead atoms. The van der Waals surface area contributed by atoms with Gasteiger partial charge >= 0.3 is 5.97 Å². The first-order valence-electron chi connectivity index (χ1n) is 6.10. The minimum absolute atomic E-state index is 0.0561. The Labute approximate surface area is 104 Å². The fourth-order valence-electron chi connectivity index (χ4n) is 2.09. The fraction of sp³-hybridized carbons (Fsp3) is 0.357. The summed E-state index contributed by atoms with van der Waals surface area (Å²) in [5, 5.41) is 0.913. The second kappa shape index (κ2) is 4.82. The van der Waals surface area contributed by atoms with Crippen molar-refractivity contribution < 1.29 is 18.7 Å². The zero-order chi connectivity index (χ0) is 12.4. The number of hydrogen-bond donors (Lipinski definition) is 0. The van der Waals surface area contributed by atoms with E-state index in [0.29, 0.717) is 18.8 Å². The molecule has 0 spiro atoms. The zero-order valence-electron chi connectivity index (χ0n) is 9.93. The molecule has 1 aliphatic heterocycles. The topological polar surface area (TPSA) is 48.7 Å². The van der Waals surface area contributed by atoms with Crippen molar-refractivity contribution in [3.63, 3.8) is 0 Å². The Morgan fingerprint density at radius 3 is 2.78 bits per heavy atom. The summed E-state index contributed by atoms with van der Waals surface area (Å²) in [4.78, 5) is 11.9. The van der Waals surface area contributed by atoms with E-state index in [1.165, 1.54) is 0 Å². The van der Waals surface area contributed by atoms with Crippen molar-refractivity contribution in [2.75, 3.05) is 13.2 Å². The molecule has 0 saturated carbocycles. The van der Waals surface area contributed by atoms with E-state index in [1.807, 2.05) is 24.3 Å². The Hall–Kier alpha value is -1.81. The summed E-state index contributed by atoms with van der Waals surface area (Å²) in [5.74, 6) is -0.124. The standard InChI is InChI=1S/C14H14O4/c15-14(17-11-5-7-16-8-6-11)13-9-10-3-1-2-4-12(10)18-13/h1-4,9,11H,5-8H2. The predicted molar refractivity (Wildman–Crippen MR) is 65.5 cm³/mol. The highest BCUT2D eigenvalue weighted by molar-refractivity contribution is 5.92. The minimum atomic E-state index is -0.391. The number of carbonyl (C=O) groups excluding carboxylic acids is 1. The van der Waals surface area contributed by atoms with Gasteiger partial charge in [0.1, 0.15) is 11.7 Å². The van der Waals surface area contributed by atoms with E-state index in [4.69, 9.17) is 13.9 Å². The Morgan fingerprint density at radius 1 is 1.22 bits per heavy atom. The van der Waals surface area contributed by atoms with Crippen LogP contribution in [0.3, 0.4) is 0 Å². The average molecular weight is 246 g/mol. The van der Waals surface area contributed by atoms with Crippen molar-refractivity contribution in [2.45, 2.75) is 18.9 Å². The normalized spacial score (nSPS) is 16.9. The molecule has 0 N–H and O–H groups in total. The number of para-hydroxylation sites is 1. The molecule has 1 fully saturated rings. The molecule has 0 unspecified atom stereocenters. The molecule has 1 saturated heterocycles. The maximum absolute atomic E-state index is 11.9. The van der Waals surface area contributed by atoms with Crippen molar-refractivity contribution in [3.8, 4) is 0 Å². The van der Waals surface area contributed by atoms with E-state index in [1.54, 1.807) is 6.07 Å². The van der Waals surface area contributed by atoms with Crippen molar-refractivity contribution in [2.24, 2.45) is 0 Å². The lowest BCUT2D eigenvalue weighted by molar-refractivity contribution is -0.0178. The molecule has 0 aliphatic carbocycles. The number of fused-ring (bicyclic) bond motifs is 1. The summed E-state index contributed by atoms with van der Waals surface area (Å²) < 4.78 is 16.1. The van der Waals surface area contributed by atoms with E-state index in [0.717, 1.165) is 18.2 Å². The van der Waals surface area contributed by atoms with Crippen LogP contribution in [-0.2, 0) is 9.47 Å².